The number of carboxylic acid groups (broad SMARTS) is 1. The minimum Gasteiger partial charge on any atom is -0.481 e. The number of carbonyl (C=O) groups excluding carboxylic acids is 1. The van der Waals surface area contributed by atoms with Gasteiger partial charge in [-0.05, 0) is 51.4 Å². The van der Waals surface area contributed by atoms with Gasteiger partial charge in [0, 0.05) is 5.41 Å². The first-order valence-electron chi connectivity index (χ1n) is 8.71. The molecule has 0 bridgehead atoms. The molecule has 0 amide bonds. The van der Waals surface area contributed by atoms with Crippen molar-refractivity contribution in [2.45, 2.75) is 84.2 Å². The van der Waals surface area contributed by atoms with Gasteiger partial charge in [0.05, 0.1) is 11.8 Å². The summed E-state index contributed by atoms with van der Waals surface area (Å²) in [5.41, 5.74) is -0.396. The maximum Gasteiger partial charge on any atom is 0.309 e. The van der Waals surface area contributed by atoms with Crippen molar-refractivity contribution in [3.63, 3.8) is 0 Å². The Labute approximate surface area is 133 Å². The smallest absolute Gasteiger partial charge is 0.309 e. The Kier molecular flexibility index (Phi) is 5.18. The van der Waals surface area contributed by atoms with Gasteiger partial charge < -0.3 is 9.84 Å². The average molecular weight is 310 g/mol. The van der Waals surface area contributed by atoms with Crippen molar-refractivity contribution >= 4 is 11.9 Å². The molecule has 4 nitrogen and oxygen atoms in total. The van der Waals surface area contributed by atoms with Crippen LogP contribution in [0.1, 0.15) is 78.6 Å². The van der Waals surface area contributed by atoms with Gasteiger partial charge >= 0.3 is 11.9 Å². The first-order valence-corrected chi connectivity index (χ1v) is 8.71. The van der Waals surface area contributed by atoms with Gasteiger partial charge in [-0.1, -0.05) is 27.2 Å². The fourth-order valence-corrected chi connectivity index (χ4v) is 3.98. The van der Waals surface area contributed by atoms with Gasteiger partial charge in [-0.2, -0.15) is 0 Å². The highest BCUT2D eigenvalue weighted by Crippen LogP contribution is 2.46. The lowest BCUT2D eigenvalue weighted by atomic mass is 9.68. The molecule has 126 valence electrons. The standard InChI is InChI=1S/C18H30O4/c1-17(2,3)18(11-5-4-6-12-18)22-16(21)14-9-7-13(8-10-14)15(19)20/h13-14H,4-12H2,1-3H3,(H,19,20). The van der Waals surface area contributed by atoms with Gasteiger partial charge in [-0.15, -0.1) is 0 Å². The number of hydrogen-bond acceptors (Lipinski definition) is 3. The van der Waals surface area contributed by atoms with Crippen LogP contribution < -0.4 is 0 Å². The van der Waals surface area contributed by atoms with Gasteiger partial charge in [-0.3, -0.25) is 9.59 Å². The van der Waals surface area contributed by atoms with E-state index < -0.39 is 5.97 Å². The summed E-state index contributed by atoms with van der Waals surface area (Å²) in [6.45, 7) is 6.48. The molecule has 22 heavy (non-hydrogen) atoms. The molecule has 2 fully saturated rings. The van der Waals surface area contributed by atoms with Crippen LogP contribution in [-0.2, 0) is 14.3 Å². The summed E-state index contributed by atoms with van der Waals surface area (Å²) in [7, 11) is 0. The second-order valence-corrected chi connectivity index (χ2v) is 8.11. The molecule has 1 N–H and O–H groups in total. The molecule has 0 atom stereocenters. The van der Waals surface area contributed by atoms with E-state index in [1.165, 1.54) is 6.42 Å². The lowest BCUT2D eigenvalue weighted by molar-refractivity contribution is -0.186. The zero-order valence-electron chi connectivity index (χ0n) is 14.2. The van der Waals surface area contributed by atoms with E-state index in [9.17, 15) is 9.59 Å². The maximum absolute atomic E-state index is 12.6. The molecule has 0 heterocycles. The van der Waals surface area contributed by atoms with E-state index in [1.54, 1.807) is 0 Å². The third-order valence-corrected chi connectivity index (χ3v) is 5.73. The molecule has 0 aromatic carbocycles. The second kappa shape index (κ2) is 6.59. The molecule has 2 saturated carbocycles. The first kappa shape index (κ1) is 17.3. The summed E-state index contributed by atoms with van der Waals surface area (Å²) in [5.74, 6) is -1.22. The van der Waals surface area contributed by atoms with E-state index in [1.807, 2.05) is 0 Å². The van der Waals surface area contributed by atoms with Crippen LogP contribution in [0.15, 0.2) is 0 Å². The number of aliphatic carboxylic acids is 1. The van der Waals surface area contributed by atoms with Crippen LogP contribution in [0.3, 0.4) is 0 Å². The Morgan fingerprint density at radius 3 is 1.91 bits per heavy atom. The van der Waals surface area contributed by atoms with Gasteiger partial charge in [0.15, 0.2) is 0 Å². The SMILES string of the molecule is CC(C)(C)C1(OC(=O)C2CCC(C(=O)O)CC2)CCCCC1. The molecular weight excluding hydrogens is 280 g/mol. The van der Waals surface area contributed by atoms with Gasteiger partial charge in [-0.25, -0.2) is 0 Å². The summed E-state index contributed by atoms with van der Waals surface area (Å²) in [5, 5.41) is 9.06. The predicted octanol–water partition coefficient (Wildman–Crippen LogP) is 4.17. The van der Waals surface area contributed by atoms with Crippen LogP contribution in [0.5, 0.6) is 0 Å². The Balaban J connectivity index is 1.99. The van der Waals surface area contributed by atoms with Crippen LogP contribution in [0.4, 0.5) is 0 Å². The number of esters is 1. The van der Waals surface area contributed by atoms with Crippen molar-refractivity contribution in [1.29, 1.82) is 0 Å². The number of hydrogen-bond donors (Lipinski definition) is 1. The Morgan fingerprint density at radius 1 is 0.955 bits per heavy atom. The fourth-order valence-electron chi connectivity index (χ4n) is 3.98. The third-order valence-electron chi connectivity index (χ3n) is 5.73. The lowest BCUT2D eigenvalue weighted by Crippen LogP contribution is -2.49. The highest BCUT2D eigenvalue weighted by molar-refractivity contribution is 5.74. The minimum absolute atomic E-state index is 0.0542. The molecule has 2 aliphatic carbocycles. The van der Waals surface area contributed by atoms with Crippen LogP contribution in [0.25, 0.3) is 0 Å². The zero-order valence-corrected chi connectivity index (χ0v) is 14.2. The molecule has 0 unspecified atom stereocenters. The average Bonchev–Trinajstić information content (AvgIpc) is 2.47. The van der Waals surface area contributed by atoms with Crippen molar-refractivity contribution < 1.29 is 19.4 Å². The highest BCUT2D eigenvalue weighted by atomic mass is 16.6. The molecule has 4 heteroatoms. The largest absolute Gasteiger partial charge is 0.481 e. The number of carbonyl (C=O) groups is 2. The Morgan fingerprint density at radius 2 is 1.45 bits per heavy atom. The quantitative estimate of drug-likeness (QED) is 0.795. The highest BCUT2D eigenvalue weighted by Gasteiger charge is 2.47. The third kappa shape index (κ3) is 3.64. The van der Waals surface area contributed by atoms with E-state index in [2.05, 4.69) is 20.8 Å². The number of carboxylic acids is 1. The fraction of sp³-hybridized carbons (Fsp3) is 0.889. The molecule has 0 aliphatic heterocycles. The molecule has 0 aromatic rings. The van der Waals surface area contributed by atoms with Crippen LogP contribution in [-0.4, -0.2) is 22.6 Å². The number of ether oxygens (including phenoxy) is 1. The molecule has 0 radical (unpaired) electrons. The summed E-state index contributed by atoms with van der Waals surface area (Å²) >= 11 is 0. The Bertz CT molecular complexity index is 407. The molecule has 2 aliphatic rings. The van der Waals surface area contributed by atoms with Crippen LogP contribution >= 0.6 is 0 Å². The monoisotopic (exact) mass is 310 g/mol. The molecule has 0 saturated heterocycles. The lowest BCUT2D eigenvalue weighted by Gasteiger charge is -2.47. The van der Waals surface area contributed by atoms with Crippen LogP contribution in [0.2, 0.25) is 0 Å². The van der Waals surface area contributed by atoms with Crippen molar-refractivity contribution in [1.82, 2.24) is 0 Å². The van der Waals surface area contributed by atoms with Crippen LogP contribution in [0, 0.1) is 17.3 Å². The van der Waals surface area contributed by atoms with Gasteiger partial charge in [0.1, 0.15) is 5.60 Å². The summed E-state index contributed by atoms with van der Waals surface area (Å²) in [6.07, 6.45) is 7.85. The first-order chi connectivity index (χ1) is 10.3. The molecule has 2 rings (SSSR count). The minimum atomic E-state index is -0.731. The van der Waals surface area contributed by atoms with Gasteiger partial charge in [0.2, 0.25) is 0 Å². The molecular formula is C18H30O4. The summed E-state index contributed by atoms with van der Waals surface area (Å²) in [6, 6.07) is 0. The molecule has 0 aromatic heterocycles. The topological polar surface area (TPSA) is 63.6 Å². The normalized spacial score (nSPS) is 28.9. The van der Waals surface area contributed by atoms with E-state index in [-0.39, 0.29) is 28.8 Å². The van der Waals surface area contributed by atoms with E-state index >= 15 is 0 Å². The van der Waals surface area contributed by atoms with Crippen molar-refractivity contribution in [3.05, 3.63) is 0 Å². The van der Waals surface area contributed by atoms with Crippen molar-refractivity contribution in [2.24, 2.45) is 17.3 Å². The maximum atomic E-state index is 12.6. The predicted molar refractivity (Wildman–Crippen MR) is 84.4 cm³/mol. The van der Waals surface area contributed by atoms with E-state index in [0.29, 0.717) is 25.7 Å². The summed E-state index contributed by atoms with van der Waals surface area (Å²) < 4.78 is 6.09. The van der Waals surface area contributed by atoms with Gasteiger partial charge in [0.25, 0.3) is 0 Å². The van der Waals surface area contributed by atoms with Crippen molar-refractivity contribution in [2.75, 3.05) is 0 Å². The molecule has 0 spiro atoms. The Hall–Kier alpha value is -1.06. The summed E-state index contributed by atoms with van der Waals surface area (Å²) in [4.78, 5) is 23.6. The second-order valence-electron chi connectivity index (χ2n) is 8.11. The number of rotatable bonds is 3. The van der Waals surface area contributed by atoms with Crippen molar-refractivity contribution in [3.8, 4) is 0 Å². The van der Waals surface area contributed by atoms with E-state index in [0.717, 1.165) is 25.7 Å². The van der Waals surface area contributed by atoms with E-state index in [4.69, 9.17) is 9.84 Å². The zero-order chi connectivity index (χ0) is 16.4.